The van der Waals surface area contributed by atoms with E-state index in [0.717, 1.165) is 13.0 Å². The van der Waals surface area contributed by atoms with Crippen molar-refractivity contribution >= 4 is 17.3 Å². The molecule has 0 aromatic heterocycles. The van der Waals surface area contributed by atoms with Crippen LogP contribution >= 0.6 is 11.8 Å². The molecule has 0 spiro atoms. The second kappa shape index (κ2) is 8.02. The molecule has 1 aliphatic heterocycles. The number of nitrogens with zero attached hydrogens (tertiary/aromatic N) is 1. The van der Waals surface area contributed by atoms with Crippen molar-refractivity contribution in [3.05, 3.63) is 71.8 Å². The van der Waals surface area contributed by atoms with Crippen LogP contribution in [0.3, 0.4) is 0 Å². The minimum absolute atomic E-state index is 0.251. The number of hydrogen-bond donors (Lipinski definition) is 0. The van der Waals surface area contributed by atoms with Gasteiger partial charge in [-0.2, -0.15) is 0 Å². The van der Waals surface area contributed by atoms with Gasteiger partial charge in [0.2, 0.25) is 0 Å². The second-order valence-corrected chi connectivity index (χ2v) is 8.43. The minimum atomic E-state index is 0.251. The Hall–Kier alpha value is -1.51. The first-order valence-electron chi connectivity index (χ1n) is 9.96. The molecule has 0 bridgehead atoms. The van der Waals surface area contributed by atoms with E-state index in [-0.39, 0.29) is 5.54 Å². The van der Waals surface area contributed by atoms with Gasteiger partial charge in [-0.1, -0.05) is 73.9 Å². The third-order valence-corrected chi connectivity index (χ3v) is 7.06. The summed E-state index contributed by atoms with van der Waals surface area (Å²) in [7, 11) is 0. The number of rotatable bonds is 4. The Morgan fingerprint density at radius 3 is 2.31 bits per heavy atom. The maximum Gasteiger partial charge on any atom is 0.0464 e. The quantitative estimate of drug-likeness (QED) is 0.582. The van der Waals surface area contributed by atoms with Crippen LogP contribution in [0.15, 0.2) is 65.6 Å². The van der Waals surface area contributed by atoms with Gasteiger partial charge < -0.3 is 0 Å². The molecule has 0 atom stereocenters. The van der Waals surface area contributed by atoms with Gasteiger partial charge in [0.15, 0.2) is 0 Å². The lowest BCUT2D eigenvalue weighted by molar-refractivity contribution is 0.0569. The van der Waals surface area contributed by atoms with E-state index in [1.807, 2.05) is 11.8 Å². The molecule has 2 heteroatoms. The molecule has 1 nitrogen and oxygen atoms in total. The molecule has 2 aromatic rings. The van der Waals surface area contributed by atoms with Crippen LogP contribution in [0, 0.1) is 0 Å². The van der Waals surface area contributed by atoms with Crippen molar-refractivity contribution in [2.75, 3.05) is 19.3 Å². The molecular weight excluding hydrogens is 334 g/mol. The van der Waals surface area contributed by atoms with Crippen molar-refractivity contribution in [3.8, 4) is 0 Å². The van der Waals surface area contributed by atoms with Gasteiger partial charge >= 0.3 is 0 Å². The molecule has 1 aliphatic carbocycles. The summed E-state index contributed by atoms with van der Waals surface area (Å²) in [4.78, 5) is 4.18. The molecule has 2 aliphatic rings. The third-order valence-electron chi connectivity index (χ3n) is 6.26. The van der Waals surface area contributed by atoms with Crippen LogP contribution < -0.4 is 0 Å². The molecule has 26 heavy (non-hydrogen) atoms. The maximum absolute atomic E-state index is 2.77. The number of thioether (sulfide) groups is 1. The third kappa shape index (κ3) is 3.37. The van der Waals surface area contributed by atoms with Gasteiger partial charge in [0.25, 0.3) is 0 Å². The van der Waals surface area contributed by atoms with Crippen molar-refractivity contribution in [2.45, 2.75) is 49.0 Å². The molecule has 1 saturated carbocycles. The van der Waals surface area contributed by atoms with E-state index in [9.17, 15) is 0 Å². The number of benzene rings is 2. The fourth-order valence-electron chi connectivity index (χ4n) is 4.88. The molecule has 0 amide bonds. The summed E-state index contributed by atoms with van der Waals surface area (Å²) in [5.41, 5.74) is 4.75. The normalized spacial score (nSPS) is 20.6. The Kier molecular flexibility index (Phi) is 5.52. The second-order valence-electron chi connectivity index (χ2n) is 7.58. The van der Waals surface area contributed by atoms with Crippen LogP contribution in [0.2, 0.25) is 0 Å². The van der Waals surface area contributed by atoms with Crippen LogP contribution in [0.1, 0.15) is 49.7 Å². The Balaban J connectivity index is 1.61. The van der Waals surface area contributed by atoms with Gasteiger partial charge in [-0.15, -0.1) is 11.8 Å². The van der Waals surface area contributed by atoms with E-state index in [4.69, 9.17) is 0 Å². The first kappa shape index (κ1) is 17.9. The standard InChI is InChI=1S/C24H29NS/c1-26-23-13-7-6-12-22(23)20-14-18-25(19-15-20)24(16-8-3-9-17-24)21-10-4-2-5-11-21/h2,4-7,10-14H,3,8-9,15-19H2,1H3. The number of hydrogen-bond acceptors (Lipinski definition) is 2. The zero-order valence-electron chi connectivity index (χ0n) is 15.8. The Morgan fingerprint density at radius 1 is 0.885 bits per heavy atom. The Bertz CT molecular complexity index is 759. The molecule has 0 radical (unpaired) electrons. The molecule has 136 valence electrons. The van der Waals surface area contributed by atoms with E-state index < -0.39 is 0 Å². The van der Waals surface area contributed by atoms with Crippen LogP contribution in [0.5, 0.6) is 0 Å². The van der Waals surface area contributed by atoms with Gasteiger partial charge in [0, 0.05) is 23.5 Å². The smallest absolute Gasteiger partial charge is 0.0464 e. The van der Waals surface area contributed by atoms with E-state index in [1.165, 1.54) is 60.2 Å². The largest absolute Gasteiger partial charge is 0.290 e. The van der Waals surface area contributed by atoms with E-state index in [2.05, 4.69) is 71.8 Å². The lowest BCUT2D eigenvalue weighted by Crippen LogP contribution is -2.49. The van der Waals surface area contributed by atoms with Crippen molar-refractivity contribution in [3.63, 3.8) is 0 Å². The van der Waals surface area contributed by atoms with Gasteiger partial charge in [0.05, 0.1) is 0 Å². The summed E-state index contributed by atoms with van der Waals surface area (Å²) in [6.07, 6.45) is 12.6. The average molecular weight is 364 g/mol. The predicted molar refractivity (Wildman–Crippen MR) is 114 cm³/mol. The predicted octanol–water partition coefficient (Wildman–Crippen LogP) is 6.36. The molecule has 0 saturated heterocycles. The first-order valence-corrected chi connectivity index (χ1v) is 11.2. The highest BCUT2D eigenvalue weighted by atomic mass is 32.2. The van der Waals surface area contributed by atoms with Gasteiger partial charge in [-0.3, -0.25) is 4.90 Å². The summed E-state index contributed by atoms with van der Waals surface area (Å²) in [6, 6.07) is 20.2. The lowest BCUT2D eigenvalue weighted by Gasteiger charge is -2.48. The Morgan fingerprint density at radius 2 is 1.62 bits per heavy atom. The lowest BCUT2D eigenvalue weighted by atomic mass is 9.74. The van der Waals surface area contributed by atoms with Crippen LogP contribution in [-0.2, 0) is 5.54 Å². The van der Waals surface area contributed by atoms with E-state index in [1.54, 1.807) is 0 Å². The fraction of sp³-hybridized carbons (Fsp3) is 0.417. The Labute approximate surface area is 162 Å². The fourth-order valence-corrected chi connectivity index (χ4v) is 5.52. The van der Waals surface area contributed by atoms with Gasteiger partial charge in [-0.05, 0) is 48.3 Å². The SMILES string of the molecule is CSc1ccccc1C1=CCN(C2(c3ccccc3)CCCCC2)CC1. The molecule has 0 unspecified atom stereocenters. The first-order chi connectivity index (χ1) is 12.8. The zero-order chi connectivity index (χ0) is 17.8. The maximum atomic E-state index is 2.77. The highest BCUT2D eigenvalue weighted by Gasteiger charge is 2.39. The summed E-state index contributed by atoms with van der Waals surface area (Å²) >= 11 is 1.86. The van der Waals surface area contributed by atoms with E-state index in [0.29, 0.717) is 0 Å². The molecule has 2 aromatic carbocycles. The summed E-state index contributed by atoms with van der Waals surface area (Å²) in [5, 5.41) is 0. The average Bonchev–Trinajstić information content (AvgIpc) is 2.75. The van der Waals surface area contributed by atoms with E-state index >= 15 is 0 Å². The molecule has 4 rings (SSSR count). The monoisotopic (exact) mass is 363 g/mol. The van der Waals surface area contributed by atoms with Crippen LogP contribution in [-0.4, -0.2) is 24.2 Å². The molecular formula is C24H29NS. The van der Waals surface area contributed by atoms with Crippen molar-refractivity contribution < 1.29 is 0 Å². The highest BCUT2D eigenvalue weighted by Crippen LogP contribution is 2.44. The zero-order valence-corrected chi connectivity index (χ0v) is 16.6. The summed E-state index contributed by atoms with van der Waals surface area (Å²) < 4.78 is 0. The highest BCUT2D eigenvalue weighted by molar-refractivity contribution is 7.98. The van der Waals surface area contributed by atoms with Gasteiger partial charge in [-0.25, -0.2) is 0 Å². The molecule has 0 N–H and O–H groups in total. The summed E-state index contributed by atoms with van der Waals surface area (Å²) in [6.45, 7) is 2.25. The molecule has 1 fully saturated rings. The topological polar surface area (TPSA) is 3.24 Å². The van der Waals surface area contributed by atoms with Crippen LogP contribution in [0.4, 0.5) is 0 Å². The van der Waals surface area contributed by atoms with Crippen molar-refractivity contribution in [1.29, 1.82) is 0 Å². The van der Waals surface area contributed by atoms with Gasteiger partial charge in [0.1, 0.15) is 0 Å². The minimum Gasteiger partial charge on any atom is -0.290 e. The van der Waals surface area contributed by atoms with Crippen LogP contribution in [0.25, 0.3) is 5.57 Å². The van der Waals surface area contributed by atoms with Crippen molar-refractivity contribution in [2.24, 2.45) is 0 Å². The van der Waals surface area contributed by atoms with Crippen molar-refractivity contribution in [1.82, 2.24) is 4.90 Å². The summed E-state index contributed by atoms with van der Waals surface area (Å²) in [5.74, 6) is 0. The molecule has 1 heterocycles.